The van der Waals surface area contributed by atoms with Gasteiger partial charge in [-0.1, -0.05) is 12.1 Å². The van der Waals surface area contributed by atoms with E-state index in [0.29, 0.717) is 18.5 Å². The monoisotopic (exact) mass is 353 g/mol. The van der Waals surface area contributed by atoms with E-state index in [2.05, 4.69) is 15.4 Å². The van der Waals surface area contributed by atoms with Crippen LogP contribution in [0.4, 0.5) is 24.8 Å². The van der Waals surface area contributed by atoms with Gasteiger partial charge in [-0.3, -0.25) is 20.0 Å². The van der Waals surface area contributed by atoms with Crippen LogP contribution in [0, 0.1) is 0 Å². The summed E-state index contributed by atoms with van der Waals surface area (Å²) in [7, 11) is 0. The summed E-state index contributed by atoms with van der Waals surface area (Å²) < 4.78 is 37.2. The molecule has 0 saturated carbocycles. The van der Waals surface area contributed by atoms with Gasteiger partial charge in [-0.25, -0.2) is 0 Å². The lowest BCUT2D eigenvalue weighted by Gasteiger charge is -2.15. The number of nitrogens with one attached hydrogen (secondary N) is 2. The number of carbonyl (C=O) groups is 2. The van der Waals surface area contributed by atoms with Gasteiger partial charge in [-0.15, -0.1) is 5.10 Å². The molecule has 1 aromatic heterocycles. The van der Waals surface area contributed by atoms with E-state index >= 15 is 0 Å². The van der Waals surface area contributed by atoms with Crippen molar-refractivity contribution in [2.45, 2.75) is 25.4 Å². The molecule has 0 aliphatic carbocycles. The Hall–Kier alpha value is -2.91. The summed E-state index contributed by atoms with van der Waals surface area (Å²) in [6.07, 6.45) is -3.36. The lowest BCUT2D eigenvalue weighted by atomic mass is 10.1. The Bertz CT molecular complexity index is 785. The number of benzene rings is 1. The molecule has 132 valence electrons. The Morgan fingerprint density at radius 1 is 1.28 bits per heavy atom. The number of rotatable bonds is 4. The molecule has 0 radical (unpaired) electrons. The molecule has 0 unspecified atom stereocenters. The Labute approximate surface area is 140 Å². The van der Waals surface area contributed by atoms with Crippen LogP contribution < -0.4 is 10.2 Å². The van der Waals surface area contributed by atoms with Crippen molar-refractivity contribution in [1.82, 2.24) is 15.2 Å². The van der Waals surface area contributed by atoms with Gasteiger partial charge in [-0.2, -0.15) is 18.2 Å². The highest BCUT2D eigenvalue weighted by Gasteiger charge is 2.35. The summed E-state index contributed by atoms with van der Waals surface area (Å²) in [5.41, 5.74) is 1.41. The summed E-state index contributed by atoms with van der Waals surface area (Å²) >= 11 is 0. The minimum Gasteiger partial charge on any atom is -0.312 e. The number of carbonyl (C=O) groups excluding carboxylic acids is 2. The molecule has 3 rings (SSSR count). The van der Waals surface area contributed by atoms with Gasteiger partial charge in [0, 0.05) is 18.7 Å². The summed E-state index contributed by atoms with van der Waals surface area (Å²) in [5.74, 6) is -2.19. The smallest absolute Gasteiger partial charge is 0.312 e. The molecule has 0 atom stereocenters. The minimum absolute atomic E-state index is 0.0515. The maximum absolute atomic E-state index is 12.4. The fourth-order valence-electron chi connectivity index (χ4n) is 2.51. The molecular formula is C15H14F3N5O2. The molecule has 1 aromatic carbocycles. The summed E-state index contributed by atoms with van der Waals surface area (Å²) in [4.78, 5) is 28.4. The second kappa shape index (κ2) is 6.54. The highest BCUT2D eigenvalue weighted by molar-refractivity contribution is 5.95. The second-order valence-electron chi connectivity index (χ2n) is 5.55. The number of amides is 2. The molecule has 0 bridgehead atoms. The van der Waals surface area contributed by atoms with Crippen molar-refractivity contribution in [3.05, 3.63) is 35.7 Å². The van der Waals surface area contributed by atoms with Crippen LogP contribution in [0.15, 0.2) is 24.3 Å². The van der Waals surface area contributed by atoms with E-state index in [1.54, 1.807) is 34.3 Å². The van der Waals surface area contributed by atoms with Crippen LogP contribution in [0.2, 0.25) is 0 Å². The number of anilines is 2. The SMILES string of the molecule is O=C(Cc1ccc(N2CCCC2=O)cc1)Nc1n[nH]c(C(F)(F)F)n1. The number of alkyl halides is 3. The van der Waals surface area contributed by atoms with Crippen LogP contribution in [0.5, 0.6) is 0 Å². The van der Waals surface area contributed by atoms with Gasteiger partial charge in [0.15, 0.2) is 0 Å². The molecule has 1 saturated heterocycles. The Balaban J connectivity index is 1.59. The molecule has 25 heavy (non-hydrogen) atoms. The molecule has 2 heterocycles. The van der Waals surface area contributed by atoms with E-state index in [-0.39, 0.29) is 12.3 Å². The average molecular weight is 353 g/mol. The summed E-state index contributed by atoms with van der Waals surface area (Å²) in [5, 5.41) is 7.23. The zero-order valence-electron chi connectivity index (χ0n) is 12.9. The van der Waals surface area contributed by atoms with E-state index < -0.39 is 23.9 Å². The first kappa shape index (κ1) is 16.9. The highest BCUT2D eigenvalue weighted by Crippen LogP contribution is 2.26. The third-order valence-corrected chi connectivity index (χ3v) is 3.69. The van der Waals surface area contributed by atoms with Gasteiger partial charge in [0.1, 0.15) is 0 Å². The molecule has 2 N–H and O–H groups in total. The molecule has 1 fully saturated rings. The standard InChI is InChI=1S/C15H14F3N5O2/c16-15(17,18)13-20-14(22-21-13)19-11(24)8-9-3-5-10(6-4-9)23-7-1-2-12(23)25/h3-6H,1-2,7-8H2,(H2,19,20,21,22,24). The van der Waals surface area contributed by atoms with E-state index in [0.717, 1.165) is 12.1 Å². The number of hydrogen-bond donors (Lipinski definition) is 2. The number of H-pyrrole nitrogens is 1. The van der Waals surface area contributed by atoms with Gasteiger partial charge >= 0.3 is 6.18 Å². The van der Waals surface area contributed by atoms with Crippen molar-refractivity contribution in [3.63, 3.8) is 0 Å². The topological polar surface area (TPSA) is 91.0 Å². The fourth-order valence-corrected chi connectivity index (χ4v) is 2.51. The highest BCUT2D eigenvalue weighted by atomic mass is 19.4. The fraction of sp³-hybridized carbons (Fsp3) is 0.333. The van der Waals surface area contributed by atoms with Gasteiger partial charge in [0.2, 0.25) is 23.6 Å². The zero-order chi connectivity index (χ0) is 18.0. The maximum Gasteiger partial charge on any atom is 0.451 e. The number of aromatic nitrogens is 3. The minimum atomic E-state index is -4.65. The largest absolute Gasteiger partial charge is 0.451 e. The maximum atomic E-state index is 12.4. The van der Waals surface area contributed by atoms with Crippen LogP contribution in [-0.4, -0.2) is 33.5 Å². The van der Waals surface area contributed by atoms with Crippen molar-refractivity contribution in [2.75, 3.05) is 16.8 Å². The van der Waals surface area contributed by atoms with E-state index in [1.807, 2.05) is 0 Å². The van der Waals surface area contributed by atoms with Crippen LogP contribution in [-0.2, 0) is 22.2 Å². The zero-order valence-corrected chi connectivity index (χ0v) is 12.9. The lowest BCUT2D eigenvalue weighted by Crippen LogP contribution is -2.23. The van der Waals surface area contributed by atoms with E-state index in [4.69, 9.17) is 0 Å². The first-order chi connectivity index (χ1) is 11.8. The van der Waals surface area contributed by atoms with E-state index in [9.17, 15) is 22.8 Å². The van der Waals surface area contributed by atoms with Gasteiger partial charge in [-0.05, 0) is 24.1 Å². The van der Waals surface area contributed by atoms with Crippen molar-refractivity contribution in [2.24, 2.45) is 0 Å². The van der Waals surface area contributed by atoms with Crippen LogP contribution in [0.3, 0.4) is 0 Å². The average Bonchev–Trinajstić information content (AvgIpc) is 3.17. The number of nitrogens with zero attached hydrogens (tertiary/aromatic N) is 3. The third-order valence-electron chi connectivity index (χ3n) is 3.69. The first-order valence-corrected chi connectivity index (χ1v) is 7.52. The van der Waals surface area contributed by atoms with Crippen LogP contribution in [0.25, 0.3) is 0 Å². The second-order valence-corrected chi connectivity index (χ2v) is 5.55. The Morgan fingerprint density at radius 3 is 2.56 bits per heavy atom. The normalized spacial score (nSPS) is 14.8. The molecule has 2 aromatic rings. The lowest BCUT2D eigenvalue weighted by molar-refractivity contribution is -0.144. The third kappa shape index (κ3) is 3.95. The Morgan fingerprint density at radius 2 is 2.00 bits per heavy atom. The van der Waals surface area contributed by atoms with Gasteiger partial charge in [0.05, 0.1) is 6.42 Å². The molecular weight excluding hydrogens is 339 g/mol. The van der Waals surface area contributed by atoms with E-state index in [1.165, 1.54) is 0 Å². The van der Waals surface area contributed by atoms with Crippen molar-refractivity contribution in [3.8, 4) is 0 Å². The summed E-state index contributed by atoms with van der Waals surface area (Å²) in [6, 6.07) is 6.86. The van der Waals surface area contributed by atoms with Crippen LogP contribution >= 0.6 is 0 Å². The Kier molecular flexibility index (Phi) is 4.43. The number of halogens is 3. The van der Waals surface area contributed by atoms with Crippen molar-refractivity contribution in [1.29, 1.82) is 0 Å². The number of hydrogen-bond acceptors (Lipinski definition) is 4. The predicted octanol–water partition coefficient (Wildman–Crippen LogP) is 2.13. The molecule has 2 amide bonds. The molecule has 1 aliphatic rings. The first-order valence-electron chi connectivity index (χ1n) is 7.52. The molecule has 1 aliphatic heterocycles. The van der Waals surface area contributed by atoms with Crippen molar-refractivity contribution < 1.29 is 22.8 Å². The molecule has 10 heteroatoms. The van der Waals surface area contributed by atoms with Crippen molar-refractivity contribution >= 4 is 23.5 Å². The quantitative estimate of drug-likeness (QED) is 0.881. The van der Waals surface area contributed by atoms with Gasteiger partial charge < -0.3 is 4.90 Å². The van der Waals surface area contributed by atoms with Gasteiger partial charge in [0.25, 0.3) is 0 Å². The van der Waals surface area contributed by atoms with Crippen LogP contribution in [0.1, 0.15) is 24.2 Å². The molecule has 0 spiro atoms. The summed E-state index contributed by atoms with van der Waals surface area (Å²) in [6.45, 7) is 0.672. The predicted molar refractivity (Wildman–Crippen MR) is 81.7 cm³/mol. The molecule has 7 nitrogen and oxygen atoms in total. The number of aromatic amines is 1.